The fourth-order valence-corrected chi connectivity index (χ4v) is 14.2. The minimum absolute atomic E-state index is 0. The topological polar surface area (TPSA) is 131 Å². The third-order valence-electron chi connectivity index (χ3n) is 20.0. The second-order valence-electron chi connectivity index (χ2n) is 29.3. The first-order valence-electron chi connectivity index (χ1n) is 36.4. The van der Waals surface area contributed by atoms with Gasteiger partial charge in [-0.3, -0.25) is 29.9 Å². The van der Waals surface area contributed by atoms with Crippen molar-refractivity contribution < 1.29 is 20.1 Å². The number of nitrogens with zero attached hydrogens (tertiary/aromatic N) is 12. The number of imidazole rings is 3. The monoisotopic (exact) mass is 1530 g/mol. The van der Waals surface area contributed by atoms with Gasteiger partial charge in [0.2, 0.25) is 0 Å². The predicted molar refractivity (Wildman–Crippen MR) is 414 cm³/mol. The van der Waals surface area contributed by atoms with Crippen LogP contribution in [-0.4, -0.2) is 58.6 Å². The van der Waals surface area contributed by atoms with E-state index in [4.69, 9.17) is 29.9 Å². The molecule has 522 valence electrons. The summed E-state index contributed by atoms with van der Waals surface area (Å²) in [5.41, 5.74) is 28.0. The first kappa shape index (κ1) is 72.8. The van der Waals surface area contributed by atoms with Gasteiger partial charge in [-0.15, -0.1) is 106 Å². The first-order chi connectivity index (χ1) is 49.3. The number of hydrogen-bond donors (Lipinski definition) is 0. The Hall–Kier alpha value is -9.94. The maximum atomic E-state index is 5.21. The Morgan fingerprint density at radius 1 is 0.320 bits per heavy atom. The average molecular weight is 1540 g/mol. The van der Waals surface area contributed by atoms with Crippen molar-refractivity contribution in [1.82, 2.24) is 58.6 Å². The van der Waals surface area contributed by atoms with Crippen LogP contribution in [0, 0.1) is 39.0 Å². The number of aryl methyl sites for hydroxylation is 9. The molecule has 13 heteroatoms. The molecule has 0 aliphatic rings. The van der Waals surface area contributed by atoms with E-state index in [1.165, 1.54) is 83.8 Å². The molecule has 13 aromatic rings. The molecule has 0 aliphatic carbocycles. The molecule has 0 atom stereocenters. The van der Waals surface area contributed by atoms with Gasteiger partial charge in [0, 0.05) is 127 Å². The molecule has 6 aromatic carbocycles. The summed E-state index contributed by atoms with van der Waals surface area (Å²) in [4.78, 5) is 44.1. The third-order valence-corrected chi connectivity index (χ3v) is 20.0. The molecule has 0 saturated heterocycles. The van der Waals surface area contributed by atoms with E-state index in [1.807, 2.05) is 55.8 Å². The van der Waals surface area contributed by atoms with Crippen LogP contribution in [0.4, 0.5) is 0 Å². The van der Waals surface area contributed by atoms with Crippen molar-refractivity contribution in [2.75, 3.05) is 0 Å². The van der Waals surface area contributed by atoms with E-state index in [2.05, 4.69) is 278 Å². The average Bonchev–Trinajstić information content (AvgIpc) is 1.76. The maximum absolute atomic E-state index is 5.21. The Balaban J connectivity index is 0.00001000. The van der Waals surface area contributed by atoms with Gasteiger partial charge in [-0.25, -0.2) is 15.0 Å². The zero-order valence-electron chi connectivity index (χ0n) is 62.2. The van der Waals surface area contributed by atoms with Gasteiger partial charge in [0.1, 0.15) is 17.5 Å². The summed E-state index contributed by atoms with van der Waals surface area (Å²) >= 11 is 0. The normalized spacial score (nSPS) is 11.7. The van der Waals surface area contributed by atoms with Crippen LogP contribution in [0.15, 0.2) is 184 Å². The van der Waals surface area contributed by atoms with E-state index in [0.29, 0.717) is 19.3 Å². The molecule has 12 nitrogen and oxygen atoms in total. The molecule has 0 radical (unpaired) electrons. The fraction of sp³-hybridized carbons (Fsp3) is 0.300. The van der Waals surface area contributed by atoms with Gasteiger partial charge in [-0.05, 0) is 178 Å². The molecular weight excluding hydrogens is 1440 g/mol. The largest absolute Gasteiger partial charge is 3.00 e. The van der Waals surface area contributed by atoms with Crippen LogP contribution in [0.3, 0.4) is 0 Å². The van der Waals surface area contributed by atoms with Crippen molar-refractivity contribution in [1.29, 1.82) is 0 Å². The van der Waals surface area contributed by atoms with Crippen LogP contribution in [0.2, 0.25) is 0 Å². The zero-order chi connectivity index (χ0) is 71.5. The molecule has 0 bridgehead atoms. The maximum Gasteiger partial charge on any atom is 3.00 e. The fourth-order valence-electron chi connectivity index (χ4n) is 14.2. The van der Waals surface area contributed by atoms with Crippen molar-refractivity contribution in [2.45, 2.75) is 178 Å². The summed E-state index contributed by atoms with van der Waals surface area (Å²) < 4.78 is 6.79. The Kier molecular flexibility index (Phi) is 22.5. The van der Waals surface area contributed by atoms with Gasteiger partial charge in [0.05, 0.1) is 17.5 Å². The third kappa shape index (κ3) is 15.7. The summed E-state index contributed by atoms with van der Waals surface area (Å²) in [7, 11) is 0. The molecule has 0 unspecified atom stereocenters. The molecule has 103 heavy (non-hydrogen) atoms. The SMILES string of the molecule is Cc1ccncc1-c1cc(C(C)C)c(-n2ccnc2-c2[c-]cc(CCc3nc(CCc4c[c-]c(-c5nccn5-c5c(C(C)C)cc(-c6cnccc6C)cc5C(C)C)cc4)nc(CCc4c[c-]c(-c5nccn5-c5c(C(C)C)cc(-c6cnccc6C)cc5C(C)C)cc4)n3)cc2)c(C(C)C)c1.[Ir+3]. The number of rotatable bonds is 24. The van der Waals surface area contributed by atoms with E-state index in [-0.39, 0.29) is 55.6 Å². The molecule has 0 fully saturated rings. The van der Waals surface area contributed by atoms with Crippen LogP contribution < -0.4 is 0 Å². The Labute approximate surface area is 623 Å². The standard InChI is InChI=1S/C90H93N12.Ir/c1-55(2)73-46-70(79-52-91-37-34-61(79)13)47-74(56(3)4)85(73)100-43-40-94-88(100)67-25-16-64(17-26-67)22-31-82-97-83(32-23-65-18-27-68(28-19-65)89-95-41-44-101(89)86-75(57(5)6)48-71(49-76(86)58(7)8)80-53-92-38-35-62(80)14)99-84(98-82)33-24-66-20-29-69(30-21-66)90-96-42-45-102(90)87-77(59(9)10)50-72(51-78(87)60(11)12)81-54-93-39-36-63(81)15;/h16-21,25,27,29,34-60H,22-24,31-33H2,1-15H3;/q-3;+3. The number of benzene rings is 6. The van der Waals surface area contributed by atoms with Gasteiger partial charge in [-0.2, -0.15) is 0 Å². The van der Waals surface area contributed by atoms with Crippen LogP contribution in [0.1, 0.15) is 203 Å². The van der Waals surface area contributed by atoms with Crippen LogP contribution in [-0.2, 0) is 58.6 Å². The molecule has 0 aliphatic heterocycles. The van der Waals surface area contributed by atoms with Gasteiger partial charge in [-0.1, -0.05) is 102 Å². The molecular formula is C90H93IrN12. The summed E-state index contributed by atoms with van der Waals surface area (Å²) in [6.07, 6.45) is 27.6. The van der Waals surface area contributed by atoms with E-state index < -0.39 is 0 Å². The number of pyridine rings is 3. The minimum atomic E-state index is 0. The molecule has 0 amide bonds. The molecule has 0 spiro atoms. The summed E-state index contributed by atoms with van der Waals surface area (Å²) in [5.74, 6) is 6.49. The van der Waals surface area contributed by atoms with Crippen LogP contribution in [0.25, 0.3) is 84.6 Å². The minimum Gasteiger partial charge on any atom is -0.340 e. The van der Waals surface area contributed by atoms with E-state index >= 15 is 0 Å². The number of aromatic nitrogens is 12. The quantitative estimate of drug-likeness (QED) is 0.0543. The Morgan fingerprint density at radius 2 is 0.573 bits per heavy atom. The van der Waals surface area contributed by atoms with Crippen molar-refractivity contribution in [2.24, 2.45) is 0 Å². The van der Waals surface area contributed by atoms with Crippen molar-refractivity contribution >= 4 is 0 Å². The Morgan fingerprint density at radius 3 is 0.786 bits per heavy atom. The molecule has 13 rings (SSSR count). The molecule has 0 N–H and O–H groups in total. The van der Waals surface area contributed by atoms with E-state index in [0.717, 1.165) is 104 Å². The van der Waals surface area contributed by atoms with E-state index in [9.17, 15) is 0 Å². The van der Waals surface area contributed by atoms with Crippen molar-refractivity contribution in [3.63, 3.8) is 0 Å². The van der Waals surface area contributed by atoms with Crippen LogP contribution >= 0.6 is 0 Å². The predicted octanol–water partition coefficient (Wildman–Crippen LogP) is 21.0. The van der Waals surface area contributed by atoms with Gasteiger partial charge >= 0.3 is 20.1 Å². The summed E-state index contributed by atoms with van der Waals surface area (Å²) in [6.45, 7) is 33.8. The van der Waals surface area contributed by atoms with Crippen LogP contribution in [0.5, 0.6) is 0 Å². The summed E-state index contributed by atoms with van der Waals surface area (Å²) in [5, 5.41) is 0. The van der Waals surface area contributed by atoms with Crippen molar-refractivity contribution in [3.8, 4) is 84.6 Å². The Bertz CT molecular complexity index is 4500. The molecule has 0 saturated carbocycles. The smallest absolute Gasteiger partial charge is 0.340 e. The first-order valence-corrected chi connectivity index (χ1v) is 36.4. The zero-order valence-corrected chi connectivity index (χ0v) is 64.6. The molecule has 7 heterocycles. The van der Waals surface area contributed by atoms with Gasteiger partial charge in [0.25, 0.3) is 0 Å². The van der Waals surface area contributed by atoms with Gasteiger partial charge < -0.3 is 13.7 Å². The summed E-state index contributed by atoms with van der Waals surface area (Å²) in [6, 6.07) is 50.7. The molecule has 7 aromatic heterocycles. The second-order valence-corrected chi connectivity index (χ2v) is 29.3. The second kappa shape index (κ2) is 31.7. The van der Waals surface area contributed by atoms with E-state index in [1.54, 1.807) is 0 Å². The van der Waals surface area contributed by atoms with Gasteiger partial charge in [0.15, 0.2) is 0 Å². The number of hydrogen-bond acceptors (Lipinski definition) is 9. The van der Waals surface area contributed by atoms with Crippen molar-refractivity contribution in [3.05, 3.63) is 286 Å².